The molecule has 0 fully saturated rings. The van der Waals surface area contributed by atoms with Gasteiger partial charge in [0.05, 0.1) is 5.69 Å². The third-order valence-corrected chi connectivity index (χ3v) is 2.70. The Morgan fingerprint density at radius 2 is 2.31 bits per heavy atom. The molecule has 0 saturated heterocycles. The minimum Gasteiger partial charge on any atom is -0.385 e. The molecule has 0 aliphatic rings. The van der Waals surface area contributed by atoms with Crippen molar-refractivity contribution in [3.8, 4) is 0 Å². The Morgan fingerprint density at radius 3 is 2.94 bits per heavy atom. The maximum absolute atomic E-state index is 5.09. The number of hydrogen-bond acceptors (Lipinski definition) is 3. The van der Waals surface area contributed by atoms with Crippen molar-refractivity contribution in [3.05, 3.63) is 18.0 Å². The first-order valence-electron chi connectivity index (χ1n) is 6.07. The van der Waals surface area contributed by atoms with Gasteiger partial charge in [0.15, 0.2) is 0 Å². The first-order valence-corrected chi connectivity index (χ1v) is 6.07. The summed E-state index contributed by atoms with van der Waals surface area (Å²) in [5.41, 5.74) is 1.28. The fourth-order valence-corrected chi connectivity index (χ4v) is 1.94. The van der Waals surface area contributed by atoms with E-state index in [-0.39, 0.29) is 0 Å². The van der Waals surface area contributed by atoms with Gasteiger partial charge in [-0.25, -0.2) is 0 Å². The second-order valence-corrected chi connectivity index (χ2v) is 3.82. The van der Waals surface area contributed by atoms with Crippen LogP contribution in [0.4, 0.5) is 0 Å². The average Bonchev–Trinajstić information content (AvgIpc) is 2.76. The molecular formula is C12H23N3O. The van der Waals surface area contributed by atoms with E-state index < -0.39 is 0 Å². The molecule has 1 atom stereocenters. The van der Waals surface area contributed by atoms with Crippen molar-refractivity contribution in [3.63, 3.8) is 0 Å². The summed E-state index contributed by atoms with van der Waals surface area (Å²) in [5, 5.41) is 7.81. The highest BCUT2D eigenvalue weighted by molar-refractivity contribution is 5.06. The van der Waals surface area contributed by atoms with Crippen LogP contribution in [0.3, 0.4) is 0 Å². The fraction of sp³-hybridized carbons (Fsp3) is 0.750. The molecule has 0 amide bonds. The maximum Gasteiger partial charge on any atom is 0.0553 e. The van der Waals surface area contributed by atoms with Crippen LogP contribution in [0.1, 0.15) is 38.4 Å². The van der Waals surface area contributed by atoms with Gasteiger partial charge >= 0.3 is 0 Å². The summed E-state index contributed by atoms with van der Waals surface area (Å²) < 4.78 is 7.15. The van der Waals surface area contributed by atoms with Crippen LogP contribution in [0.25, 0.3) is 0 Å². The van der Waals surface area contributed by atoms with Crippen LogP contribution < -0.4 is 5.32 Å². The van der Waals surface area contributed by atoms with E-state index in [9.17, 15) is 0 Å². The normalized spacial score (nSPS) is 12.9. The average molecular weight is 225 g/mol. The number of rotatable bonds is 8. The Labute approximate surface area is 98.0 Å². The van der Waals surface area contributed by atoms with Gasteiger partial charge in [0.2, 0.25) is 0 Å². The molecule has 1 rings (SSSR count). The summed E-state index contributed by atoms with van der Waals surface area (Å²) in [6.07, 6.45) is 4.04. The minimum atomic E-state index is 0.391. The summed E-state index contributed by atoms with van der Waals surface area (Å²) in [4.78, 5) is 0. The van der Waals surface area contributed by atoms with Gasteiger partial charge in [0, 0.05) is 32.5 Å². The molecule has 16 heavy (non-hydrogen) atoms. The van der Waals surface area contributed by atoms with Crippen molar-refractivity contribution in [1.29, 1.82) is 0 Å². The molecular weight excluding hydrogens is 202 g/mol. The lowest BCUT2D eigenvalue weighted by Crippen LogP contribution is -2.24. The number of aromatic nitrogens is 2. The molecule has 0 spiro atoms. The molecule has 4 nitrogen and oxygen atoms in total. The van der Waals surface area contributed by atoms with Crippen molar-refractivity contribution >= 4 is 0 Å². The fourth-order valence-electron chi connectivity index (χ4n) is 1.94. The first kappa shape index (κ1) is 13.2. The predicted octanol–water partition coefficient (Wildman–Crippen LogP) is 1.98. The van der Waals surface area contributed by atoms with E-state index in [1.54, 1.807) is 7.11 Å². The number of hydrogen-bond donors (Lipinski definition) is 1. The van der Waals surface area contributed by atoms with Gasteiger partial charge in [-0.3, -0.25) is 4.68 Å². The number of ether oxygens (including phenoxy) is 1. The summed E-state index contributed by atoms with van der Waals surface area (Å²) in [6, 6.07) is 2.49. The second-order valence-electron chi connectivity index (χ2n) is 3.82. The largest absolute Gasteiger partial charge is 0.385 e. The molecule has 92 valence electrons. The zero-order valence-corrected chi connectivity index (χ0v) is 10.6. The van der Waals surface area contributed by atoms with Gasteiger partial charge in [-0.05, 0) is 32.4 Å². The lowest BCUT2D eigenvalue weighted by Gasteiger charge is -2.18. The van der Waals surface area contributed by atoms with Gasteiger partial charge < -0.3 is 10.1 Å². The van der Waals surface area contributed by atoms with Crippen molar-refractivity contribution in [2.75, 3.05) is 20.3 Å². The smallest absolute Gasteiger partial charge is 0.0553 e. The van der Waals surface area contributed by atoms with E-state index in [0.717, 1.165) is 32.5 Å². The van der Waals surface area contributed by atoms with Gasteiger partial charge in [0.25, 0.3) is 0 Å². The topological polar surface area (TPSA) is 39.1 Å². The Hall–Kier alpha value is -0.870. The quantitative estimate of drug-likeness (QED) is 0.688. The van der Waals surface area contributed by atoms with Gasteiger partial charge in [-0.2, -0.15) is 5.10 Å². The highest BCUT2D eigenvalue weighted by Crippen LogP contribution is 2.18. The summed E-state index contributed by atoms with van der Waals surface area (Å²) in [7, 11) is 1.75. The molecule has 1 unspecified atom stereocenters. The van der Waals surface area contributed by atoms with Crippen LogP contribution in [0, 0.1) is 0 Å². The first-order chi connectivity index (χ1) is 7.83. The number of nitrogens with one attached hydrogen (secondary N) is 1. The second kappa shape index (κ2) is 7.41. The van der Waals surface area contributed by atoms with Crippen molar-refractivity contribution < 1.29 is 4.74 Å². The van der Waals surface area contributed by atoms with E-state index in [1.165, 1.54) is 5.69 Å². The van der Waals surface area contributed by atoms with E-state index in [2.05, 4.69) is 35.0 Å². The van der Waals surface area contributed by atoms with Crippen molar-refractivity contribution in [1.82, 2.24) is 15.1 Å². The zero-order chi connectivity index (χ0) is 11.8. The van der Waals surface area contributed by atoms with Crippen molar-refractivity contribution in [2.45, 2.75) is 39.3 Å². The summed E-state index contributed by atoms with van der Waals surface area (Å²) >= 11 is 0. The van der Waals surface area contributed by atoms with Crippen molar-refractivity contribution in [2.24, 2.45) is 0 Å². The minimum absolute atomic E-state index is 0.391. The van der Waals surface area contributed by atoms with E-state index in [4.69, 9.17) is 4.74 Å². The predicted molar refractivity (Wildman–Crippen MR) is 65.4 cm³/mol. The van der Waals surface area contributed by atoms with Crippen LogP contribution in [-0.2, 0) is 11.3 Å². The summed E-state index contributed by atoms with van der Waals surface area (Å²) in [5.74, 6) is 0. The molecule has 1 aromatic rings. The van der Waals surface area contributed by atoms with Gasteiger partial charge in [-0.15, -0.1) is 0 Å². The van der Waals surface area contributed by atoms with E-state index >= 15 is 0 Å². The van der Waals surface area contributed by atoms with Crippen LogP contribution in [0.2, 0.25) is 0 Å². The molecule has 0 aliphatic carbocycles. The third-order valence-electron chi connectivity index (χ3n) is 2.70. The lowest BCUT2D eigenvalue weighted by molar-refractivity contribution is 0.188. The van der Waals surface area contributed by atoms with Crippen LogP contribution in [0.15, 0.2) is 12.3 Å². The van der Waals surface area contributed by atoms with Crippen LogP contribution in [-0.4, -0.2) is 30.0 Å². The van der Waals surface area contributed by atoms with Crippen LogP contribution >= 0.6 is 0 Å². The number of aryl methyl sites for hydroxylation is 1. The molecule has 4 heteroatoms. The highest BCUT2D eigenvalue weighted by Gasteiger charge is 2.13. The monoisotopic (exact) mass is 225 g/mol. The molecule has 0 radical (unpaired) electrons. The molecule has 1 heterocycles. The number of nitrogens with zero attached hydrogens (tertiary/aromatic N) is 2. The van der Waals surface area contributed by atoms with Gasteiger partial charge in [0.1, 0.15) is 0 Å². The highest BCUT2D eigenvalue weighted by atomic mass is 16.5. The molecule has 1 N–H and O–H groups in total. The molecule has 0 aliphatic heterocycles. The lowest BCUT2D eigenvalue weighted by atomic mass is 10.1. The Kier molecular flexibility index (Phi) is 6.11. The zero-order valence-electron chi connectivity index (χ0n) is 10.6. The Bertz CT molecular complexity index is 286. The van der Waals surface area contributed by atoms with E-state index in [0.29, 0.717) is 6.04 Å². The third kappa shape index (κ3) is 3.61. The Morgan fingerprint density at radius 1 is 1.50 bits per heavy atom. The molecule has 0 saturated carbocycles. The summed E-state index contributed by atoms with van der Waals surface area (Å²) in [6.45, 7) is 6.98. The van der Waals surface area contributed by atoms with Crippen LogP contribution in [0.5, 0.6) is 0 Å². The van der Waals surface area contributed by atoms with Gasteiger partial charge in [-0.1, -0.05) is 6.92 Å². The molecule has 0 aromatic carbocycles. The SMILES string of the molecule is CCNC(CCCOC)c1ccnn1CC. The Balaban J connectivity index is 2.61. The maximum atomic E-state index is 5.09. The molecule has 0 bridgehead atoms. The standard InChI is InChI=1S/C12H23N3O/c1-4-13-11(7-6-10-16-3)12-8-9-14-15(12)5-2/h8-9,11,13H,4-7,10H2,1-3H3. The van der Waals surface area contributed by atoms with E-state index in [1.807, 2.05) is 6.20 Å². The number of methoxy groups -OCH3 is 1. The molecule has 1 aromatic heterocycles.